The third-order valence-electron chi connectivity index (χ3n) is 3.93. The predicted octanol–water partition coefficient (Wildman–Crippen LogP) is 5.33. The first-order valence-corrected chi connectivity index (χ1v) is 9.37. The first-order valence-electron chi connectivity index (χ1n) is 8.61. The molecule has 0 fully saturated rings. The molecule has 0 radical (unpaired) electrons. The molecule has 0 amide bonds. The maximum Gasteiger partial charge on any atom is 0.287 e. The van der Waals surface area contributed by atoms with Crippen LogP contribution in [-0.4, -0.2) is 23.2 Å². The zero-order valence-corrected chi connectivity index (χ0v) is 17.2. The Morgan fingerprint density at radius 2 is 2.00 bits per heavy atom. The third-order valence-corrected chi connectivity index (χ3v) is 4.58. The summed E-state index contributed by atoms with van der Waals surface area (Å²) < 4.78 is 11.2. The lowest BCUT2D eigenvalue weighted by molar-refractivity contribution is -0.385. The standard InChI is InChI=1S/C20H16Cl2N4O4/c1-29-18-9-13(10-24-25-19-7-6-15(11-23-19)26(27)28)8-17(22)20(18)30-12-14-4-2-3-5-16(14)21/h2-11H,12H2,1H3,(H,23,25)/b24-10+. The molecule has 3 rings (SSSR count). The summed E-state index contributed by atoms with van der Waals surface area (Å²) in [5.41, 5.74) is 4.06. The van der Waals surface area contributed by atoms with E-state index in [-0.39, 0.29) is 12.3 Å². The van der Waals surface area contributed by atoms with Crippen LogP contribution in [0.1, 0.15) is 11.1 Å². The van der Waals surface area contributed by atoms with Gasteiger partial charge in [-0.2, -0.15) is 5.10 Å². The Kier molecular flexibility index (Phi) is 7.05. The molecule has 2 aromatic carbocycles. The summed E-state index contributed by atoms with van der Waals surface area (Å²) in [5.74, 6) is 1.18. The number of benzene rings is 2. The minimum Gasteiger partial charge on any atom is -0.493 e. The van der Waals surface area contributed by atoms with Gasteiger partial charge in [-0.05, 0) is 29.8 Å². The van der Waals surface area contributed by atoms with Crippen molar-refractivity contribution < 1.29 is 14.4 Å². The van der Waals surface area contributed by atoms with Gasteiger partial charge in [0.25, 0.3) is 5.69 Å². The number of hydrogen-bond acceptors (Lipinski definition) is 7. The normalized spacial score (nSPS) is 10.8. The predicted molar refractivity (Wildman–Crippen MR) is 116 cm³/mol. The highest BCUT2D eigenvalue weighted by molar-refractivity contribution is 6.32. The summed E-state index contributed by atoms with van der Waals surface area (Å²) in [4.78, 5) is 14.0. The van der Waals surface area contributed by atoms with Gasteiger partial charge in [-0.25, -0.2) is 4.98 Å². The summed E-state index contributed by atoms with van der Waals surface area (Å²) in [6, 6.07) is 13.5. The van der Waals surface area contributed by atoms with Gasteiger partial charge in [0.2, 0.25) is 0 Å². The van der Waals surface area contributed by atoms with Crippen LogP contribution in [-0.2, 0) is 6.61 Å². The molecule has 1 aromatic heterocycles. The van der Waals surface area contributed by atoms with Crippen molar-refractivity contribution in [1.82, 2.24) is 4.98 Å². The smallest absolute Gasteiger partial charge is 0.287 e. The molecule has 0 saturated heterocycles. The first-order chi connectivity index (χ1) is 14.5. The Hall–Kier alpha value is -3.36. The Morgan fingerprint density at radius 1 is 1.20 bits per heavy atom. The molecule has 0 aliphatic heterocycles. The monoisotopic (exact) mass is 446 g/mol. The van der Waals surface area contributed by atoms with Gasteiger partial charge in [0.15, 0.2) is 11.5 Å². The molecule has 30 heavy (non-hydrogen) atoms. The average Bonchev–Trinajstić information content (AvgIpc) is 2.74. The van der Waals surface area contributed by atoms with Gasteiger partial charge in [-0.15, -0.1) is 0 Å². The maximum atomic E-state index is 10.6. The van der Waals surface area contributed by atoms with Crippen LogP contribution in [0.15, 0.2) is 59.8 Å². The van der Waals surface area contributed by atoms with Crippen molar-refractivity contribution in [2.45, 2.75) is 6.61 Å². The number of methoxy groups -OCH3 is 1. The second-order valence-electron chi connectivity index (χ2n) is 5.94. The lowest BCUT2D eigenvalue weighted by Gasteiger charge is -2.14. The number of nitrogens with one attached hydrogen (secondary N) is 1. The topological polar surface area (TPSA) is 98.9 Å². The van der Waals surface area contributed by atoms with Gasteiger partial charge in [0.1, 0.15) is 18.6 Å². The minimum atomic E-state index is -0.524. The van der Waals surface area contributed by atoms with Crippen LogP contribution < -0.4 is 14.9 Å². The van der Waals surface area contributed by atoms with Crippen molar-refractivity contribution in [3.8, 4) is 11.5 Å². The fourth-order valence-electron chi connectivity index (χ4n) is 2.45. The fraction of sp³-hybridized carbons (Fsp3) is 0.100. The van der Waals surface area contributed by atoms with Crippen molar-refractivity contribution in [1.29, 1.82) is 0 Å². The van der Waals surface area contributed by atoms with Gasteiger partial charge in [-0.3, -0.25) is 15.5 Å². The van der Waals surface area contributed by atoms with Crippen molar-refractivity contribution in [3.05, 3.63) is 86.0 Å². The second-order valence-corrected chi connectivity index (χ2v) is 6.76. The molecule has 10 heteroatoms. The van der Waals surface area contributed by atoms with E-state index in [4.69, 9.17) is 32.7 Å². The molecule has 0 spiro atoms. The van der Waals surface area contributed by atoms with E-state index < -0.39 is 4.92 Å². The average molecular weight is 447 g/mol. The Balaban J connectivity index is 1.70. The van der Waals surface area contributed by atoms with Gasteiger partial charge in [0, 0.05) is 16.7 Å². The molecule has 8 nitrogen and oxygen atoms in total. The zero-order chi connectivity index (χ0) is 21.5. The number of aromatic nitrogens is 1. The van der Waals surface area contributed by atoms with E-state index in [0.717, 1.165) is 11.8 Å². The highest BCUT2D eigenvalue weighted by Crippen LogP contribution is 2.37. The van der Waals surface area contributed by atoms with E-state index in [1.807, 2.05) is 18.2 Å². The first kappa shape index (κ1) is 21.4. The number of nitrogens with zero attached hydrogens (tertiary/aromatic N) is 3. The number of ether oxygens (including phenoxy) is 2. The molecule has 0 unspecified atom stereocenters. The molecule has 1 N–H and O–H groups in total. The molecule has 3 aromatic rings. The summed E-state index contributed by atoms with van der Waals surface area (Å²) in [6.45, 7) is 0.233. The number of nitro groups is 1. The molecule has 0 aliphatic carbocycles. The summed E-state index contributed by atoms with van der Waals surface area (Å²) in [6.07, 6.45) is 2.65. The van der Waals surface area contributed by atoms with Gasteiger partial charge in [-0.1, -0.05) is 41.4 Å². The Bertz CT molecular complexity index is 1070. The highest BCUT2D eigenvalue weighted by Gasteiger charge is 2.13. The lowest BCUT2D eigenvalue weighted by atomic mass is 10.2. The van der Waals surface area contributed by atoms with Crippen LogP contribution >= 0.6 is 23.2 Å². The van der Waals surface area contributed by atoms with Crippen LogP contribution in [0, 0.1) is 10.1 Å². The summed E-state index contributed by atoms with van der Waals surface area (Å²) in [7, 11) is 1.51. The zero-order valence-electron chi connectivity index (χ0n) is 15.7. The molecule has 0 saturated carbocycles. The van der Waals surface area contributed by atoms with Crippen LogP contribution in [0.4, 0.5) is 11.5 Å². The van der Waals surface area contributed by atoms with Crippen LogP contribution in [0.3, 0.4) is 0 Å². The maximum absolute atomic E-state index is 10.6. The van der Waals surface area contributed by atoms with E-state index in [2.05, 4.69) is 15.5 Å². The molecule has 1 heterocycles. The number of pyridine rings is 1. The molecular weight excluding hydrogens is 431 g/mol. The summed E-state index contributed by atoms with van der Waals surface area (Å²) >= 11 is 12.5. The van der Waals surface area contributed by atoms with E-state index in [1.165, 1.54) is 25.5 Å². The highest BCUT2D eigenvalue weighted by atomic mass is 35.5. The van der Waals surface area contributed by atoms with E-state index in [9.17, 15) is 10.1 Å². The van der Waals surface area contributed by atoms with Crippen molar-refractivity contribution in [2.24, 2.45) is 5.10 Å². The van der Waals surface area contributed by atoms with E-state index in [1.54, 1.807) is 18.2 Å². The van der Waals surface area contributed by atoms with Crippen molar-refractivity contribution in [3.63, 3.8) is 0 Å². The largest absolute Gasteiger partial charge is 0.493 e. The molecule has 154 valence electrons. The second kappa shape index (κ2) is 9.91. The Morgan fingerprint density at radius 3 is 2.67 bits per heavy atom. The van der Waals surface area contributed by atoms with Gasteiger partial charge >= 0.3 is 0 Å². The van der Waals surface area contributed by atoms with Crippen LogP contribution in [0.2, 0.25) is 10.0 Å². The number of hydrazone groups is 1. The van der Waals surface area contributed by atoms with Gasteiger partial charge < -0.3 is 9.47 Å². The number of anilines is 1. The molecule has 0 atom stereocenters. The van der Waals surface area contributed by atoms with E-state index >= 15 is 0 Å². The minimum absolute atomic E-state index is 0.103. The lowest BCUT2D eigenvalue weighted by Crippen LogP contribution is -2.00. The SMILES string of the molecule is COc1cc(/C=N/Nc2ccc([N+](=O)[O-])cn2)cc(Cl)c1OCc1ccccc1Cl. The fourth-order valence-corrected chi connectivity index (χ4v) is 2.92. The molecule has 0 bridgehead atoms. The third kappa shape index (κ3) is 5.37. The number of rotatable bonds is 8. The molecular formula is C20H16Cl2N4O4. The Labute approximate surface area is 182 Å². The summed E-state index contributed by atoms with van der Waals surface area (Å²) in [5, 5.41) is 15.7. The van der Waals surface area contributed by atoms with Crippen molar-refractivity contribution >= 4 is 40.9 Å². The van der Waals surface area contributed by atoms with Crippen molar-refractivity contribution in [2.75, 3.05) is 12.5 Å². The van der Waals surface area contributed by atoms with E-state index in [0.29, 0.717) is 32.9 Å². The quantitative estimate of drug-likeness (QED) is 0.285. The van der Waals surface area contributed by atoms with Crippen LogP contribution in [0.5, 0.6) is 11.5 Å². The van der Waals surface area contributed by atoms with Gasteiger partial charge in [0.05, 0.1) is 23.3 Å². The molecule has 0 aliphatic rings. The number of halogens is 2. The van der Waals surface area contributed by atoms with Crippen LogP contribution in [0.25, 0.3) is 0 Å². The number of hydrogen-bond donors (Lipinski definition) is 1.